The summed E-state index contributed by atoms with van der Waals surface area (Å²) in [5.41, 5.74) is 2.55. The molecule has 0 spiro atoms. The Morgan fingerprint density at radius 1 is 1.14 bits per heavy atom. The van der Waals surface area contributed by atoms with Gasteiger partial charge in [-0.2, -0.15) is 0 Å². The molecule has 2 rings (SSSR count). The summed E-state index contributed by atoms with van der Waals surface area (Å²) in [5, 5.41) is 0.960. The molecule has 2 heteroatoms. The van der Waals surface area contributed by atoms with E-state index in [0.29, 0.717) is 0 Å². The molecule has 1 nitrogen and oxygen atoms in total. The van der Waals surface area contributed by atoms with Crippen molar-refractivity contribution >= 4 is 11.3 Å². The Morgan fingerprint density at radius 2 is 2.00 bits per heavy atom. The van der Waals surface area contributed by atoms with Crippen molar-refractivity contribution in [1.82, 2.24) is 0 Å². The number of ether oxygens (including phenoxy) is 1. The number of thiophene rings is 1. The first kappa shape index (κ1) is 9.28. The van der Waals surface area contributed by atoms with Crippen LogP contribution in [0.3, 0.4) is 0 Å². The van der Waals surface area contributed by atoms with Gasteiger partial charge in [-0.05, 0) is 24.6 Å². The van der Waals surface area contributed by atoms with E-state index in [4.69, 9.17) is 4.74 Å². The van der Waals surface area contributed by atoms with E-state index < -0.39 is 0 Å². The first-order valence-electron chi connectivity index (χ1n) is 4.50. The van der Waals surface area contributed by atoms with E-state index in [1.165, 1.54) is 16.0 Å². The normalized spacial score (nSPS) is 10.1. The summed E-state index contributed by atoms with van der Waals surface area (Å²) < 4.78 is 5.17. The Labute approximate surface area is 88.0 Å². The third kappa shape index (κ3) is 1.80. The molecule has 0 bridgehead atoms. The van der Waals surface area contributed by atoms with Crippen LogP contribution in [0.15, 0.2) is 36.4 Å². The maximum atomic E-state index is 5.17. The van der Waals surface area contributed by atoms with Gasteiger partial charge in [0, 0.05) is 4.88 Å². The topological polar surface area (TPSA) is 9.23 Å². The van der Waals surface area contributed by atoms with Gasteiger partial charge in [-0.25, -0.2) is 0 Å². The van der Waals surface area contributed by atoms with E-state index in [0.717, 1.165) is 5.06 Å². The molecule has 14 heavy (non-hydrogen) atoms. The fraction of sp³-hybridized carbons (Fsp3) is 0.167. The van der Waals surface area contributed by atoms with Gasteiger partial charge in [-0.15, -0.1) is 0 Å². The molecule has 0 atom stereocenters. The standard InChI is InChI=1S/C12H12OS/c1-9-4-3-5-10(8-9)11-6-7-12(13-2)14-11/h3-8H,1-2H3. The summed E-state index contributed by atoms with van der Waals surface area (Å²) in [6.45, 7) is 2.11. The second kappa shape index (κ2) is 3.84. The van der Waals surface area contributed by atoms with Crippen LogP contribution in [0.25, 0.3) is 10.4 Å². The van der Waals surface area contributed by atoms with Crippen LogP contribution in [0, 0.1) is 6.92 Å². The molecule has 1 heterocycles. The van der Waals surface area contributed by atoms with Gasteiger partial charge >= 0.3 is 0 Å². The number of aryl methyl sites for hydroxylation is 1. The lowest BCUT2D eigenvalue weighted by molar-refractivity contribution is 0.427. The van der Waals surface area contributed by atoms with E-state index in [9.17, 15) is 0 Å². The van der Waals surface area contributed by atoms with Crippen molar-refractivity contribution in [2.24, 2.45) is 0 Å². The van der Waals surface area contributed by atoms with Crippen molar-refractivity contribution in [2.45, 2.75) is 6.92 Å². The highest BCUT2D eigenvalue weighted by Gasteiger charge is 2.02. The van der Waals surface area contributed by atoms with Crippen LogP contribution >= 0.6 is 11.3 Å². The minimum absolute atomic E-state index is 0.960. The van der Waals surface area contributed by atoms with Gasteiger partial charge in [0.15, 0.2) is 5.06 Å². The number of rotatable bonds is 2. The van der Waals surface area contributed by atoms with Gasteiger partial charge in [-0.3, -0.25) is 0 Å². The van der Waals surface area contributed by atoms with Gasteiger partial charge in [-0.1, -0.05) is 41.2 Å². The largest absolute Gasteiger partial charge is 0.487 e. The van der Waals surface area contributed by atoms with Crippen LogP contribution in [0.1, 0.15) is 5.56 Å². The number of methoxy groups -OCH3 is 1. The van der Waals surface area contributed by atoms with Crippen LogP contribution in [-0.2, 0) is 0 Å². The molecule has 0 fully saturated rings. The molecular weight excluding hydrogens is 192 g/mol. The molecule has 0 N–H and O–H groups in total. The molecular formula is C12H12OS. The average molecular weight is 204 g/mol. The van der Waals surface area contributed by atoms with E-state index in [1.54, 1.807) is 18.4 Å². The minimum Gasteiger partial charge on any atom is -0.487 e. The SMILES string of the molecule is COc1ccc(-c2cccc(C)c2)s1. The lowest BCUT2D eigenvalue weighted by atomic mass is 10.1. The van der Waals surface area contributed by atoms with Crippen molar-refractivity contribution in [3.05, 3.63) is 42.0 Å². The van der Waals surface area contributed by atoms with Gasteiger partial charge < -0.3 is 4.74 Å². The second-order valence-electron chi connectivity index (χ2n) is 3.19. The molecule has 0 unspecified atom stereocenters. The summed E-state index contributed by atoms with van der Waals surface area (Å²) in [6, 6.07) is 12.6. The number of hydrogen-bond donors (Lipinski definition) is 0. The molecule has 0 saturated carbocycles. The average Bonchev–Trinajstić information content (AvgIpc) is 2.66. The third-order valence-electron chi connectivity index (χ3n) is 2.09. The van der Waals surface area contributed by atoms with E-state index in [-0.39, 0.29) is 0 Å². The highest BCUT2D eigenvalue weighted by atomic mass is 32.1. The Kier molecular flexibility index (Phi) is 2.55. The summed E-state index contributed by atoms with van der Waals surface area (Å²) in [4.78, 5) is 1.26. The van der Waals surface area contributed by atoms with Gasteiger partial charge in [0.1, 0.15) is 0 Å². The molecule has 1 aromatic heterocycles. The third-order valence-corrected chi connectivity index (χ3v) is 3.18. The number of benzene rings is 1. The van der Waals surface area contributed by atoms with Crippen LogP contribution < -0.4 is 4.74 Å². The molecule has 1 aromatic carbocycles. The highest BCUT2D eigenvalue weighted by Crippen LogP contribution is 2.32. The predicted molar refractivity (Wildman–Crippen MR) is 61.0 cm³/mol. The van der Waals surface area contributed by atoms with Gasteiger partial charge in [0.2, 0.25) is 0 Å². The van der Waals surface area contributed by atoms with Crippen molar-refractivity contribution in [3.8, 4) is 15.5 Å². The van der Waals surface area contributed by atoms with Crippen LogP contribution in [0.4, 0.5) is 0 Å². The van der Waals surface area contributed by atoms with Crippen molar-refractivity contribution in [3.63, 3.8) is 0 Å². The smallest absolute Gasteiger partial charge is 0.173 e. The molecule has 0 amide bonds. The molecule has 2 aromatic rings. The molecule has 0 aliphatic carbocycles. The first-order valence-corrected chi connectivity index (χ1v) is 5.32. The number of hydrogen-bond acceptors (Lipinski definition) is 2. The monoisotopic (exact) mass is 204 g/mol. The minimum atomic E-state index is 0.960. The highest BCUT2D eigenvalue weighted by molar-refractivity contribution is 7.17. The molecule has 0 saturated heterocycles. The Morgan fingerprint density at radius 3 is 2.64 bits per heavy atom. The van der Waals surface area contributed by atoms with Crippen LogP contribution in [-0.4, -0.2) is 7.11 Å². The first-order chi connectivity index (χ1) is 6.79. The zero-order valence-corrected chi connectivity index (χ0v) is 9.10. The van der Waals surface area contributed by atoms with Crippen molar-refractivity contribution in [2.75, 3.05) is 7.11 Å². The Hall–Kier alpha value is -1.28. The molecule has 0 radical (unpaired) electrons. The van der Waals surface area contributed by atoms with Gasteiger partial charge in [0.05, 0.1) is 7.11 Å². The summed E-state index contributed by atoms with van der Waals surface area (Å²) in [7, 11) is 1.70. The van der Waals surface area contributed by atoms with E-state index in [1.807, 2.05) is 6.07 Å². The molecule has 0 aliphatic heterocycles. The van der Waals surface area contributed by atoms with Crippen LogP contribution in [0.2, 0.25) is 0 Å². The predicted octanol–water partition coefficient (Wildman–Crippen LogP) is 3.73. The van der Waals surface area contributed by atoms with Crippen molar-refractivity contribution < 1.29 is 4.74 Å². The van der Waals surface area contributed by atoms with Crippen molar-refractivity contribution in [1.29, 1.82) is 0 Å². The van der Waals surface area contributed by atoms with E-state index >= 15 is 0 Å². The summed E-state index contributed by atoms with van der Waals surface area (Å²) in [5.74, 6) is 0. The fourth-order valence-corrected chi connectivity index (χ4v) is 2.20. The molecule has 0 aliphatic rings. The van der Waals surface area contributed by atoms with Gasteiger partial charge in [0.25, 0.3) is 0 Å². The Balaban J connectivity index is 2.39. The Bertz CT molecular complexity index is 431. The summed E-state index contributed by atoms with van der Waals surface area (Å²) >= 11 is 1.67. The zero-order chi connectivity index (χ0) is 9.97. The maximum absolute atomic E-state index is 5.17. The van der Waals surface area contributed by atoms with Crippen LogP contribution in [0.5, 0.6) is 5.06 Å². The lowest BCUT2D eigenvalue weighted by Crippen LogP contribution is -1.74. The quantitative estimate of drug-likeness (QED) is 0.724. The second-order valence-corrected chi connectivity index (χ2v) is 4.24. The maximum Gasteiger partial charge on any atom is 0.173 e. The van der Waals surface area contributed by atoms with E-state index in [2.05, 4.69) is 37.3 Å². The fourth-order valence-electron chi connectivity index (χ4n) is 1.38. The lowest BCUT2D eigenvalue weighted by Gasteiger charge is -1.98. The summed E-state index contributed by atoms with van der Waals surface area (Å²) in [6.07, 6.45) is 0. The molecule has 72 valence electrons. The zero-order valence-electron chi connectivity index (χ0n) is 8.28.